The van der Waals surface area contributed by atoms with Gasteiger partial charge in [-0.25, -0.2) is 4.79 Å². The number of hydrogen-bond acceptors (Lipinski definition) is 4. The SMILES string of the molecule is NC(=O)CCc1ccc(CNC(O)c2ccccc2C(=O)O)cc1. The van der Waals surface area contributed by atoms with Crippen molar-refractivity contribution in [2.45, 2.75) is 25.6 Å². The van der Waals surface area contributed by atoms with Crippen molar-refractivity contribution in [2.75, 3.05) is 0 Å². The van der Waals surface area contributed by atoms with Crippen LogP contribution in [0.25, 0.3) is 0 Å². The minimum absolute atomic E-state index is 0.0688. The molecular weight excluding hydrogens is 308 g/mol. The standard InChI is InChI=1S/C18H20N2O4/c19-16(21)10-9-12-5-7-13(8-6-12)11-20-17(22)14-3-1-2-4-15(14)18(23)24/h1-8,17,20,22H,9-11H2,(H2,19,21)(H,23,24). The Kier molecular flexibility index (Phi) is 6.06. The third-order valence-electron chi connectivity index (χ3n) is 3.67. The molecule has 2 aromatic rings. The quantitative estimate of drug-likeness (QED) is 0.550. The molecule has 0 fully saturated rings. The van der Waals surface area contributed by atoms with Crippen LogP contribution in [-0.4, -0.2) is 22.1 Å². The number of nitrogens with two attached hydrogens (primary N) is 1. The molecule has 5 N–H and O–H groups in total. The van der Waals surface area contributed by atoms with Gasteiger partial charge in [-0.05, 0) is 23.6 Å². The number of carboxylic acids is 1. The van der Waals surface area contributed by atoms with Gasteiger partial charge in [0.05, 0.1) is 5.56 Å². The first kappa shape index (κ1) is 17.7. The highest BCUT2D eigenvalue weighted by atomic mass is 16.4. The number of carbonyl (C=O) groups is 2. The maximum Gasteiger partial charge on any atom is 0.336 e. The van der Waals surface area contributed by atoms with E-state index in [0.29, 0.717) is 24.9 Å². The fraction of sp³-hybridized carbons (Fsp3) is 0.222. The molecule has 1 amide bonds. The third kappa shape index (κ3) is 4.91. The van der Waals surface area contributed by atoms with Gasteiger partial charge in [-0.3, -0.25) is 10.1 Å². The second-order valence-electron chi connectivity index (χ2n) is 5.46. The molecule has 126 valence electrons. The van der Waals surface area contributed by atoms with Crippen LogP contribution in [0.4, 0.5) is 0 Å². The van der Waals surface area contributed by atoms with Gasteiger partial charge in [0.1, 0.15) is 6.23 Å². The predicted octanol–water partition coefficient (Wildman–Crippen LogP) is 1.58. The maximum absolute atomic E-state index is 11.2. The van der Waals surface area contributed by atoms with Gasteiger partial charge >= 0.3 is 5.97 Å². The van der Waals surface area contributed by atoms with Crippen molar-refractivity contribution in [1.82, 2.24) is 5.32 Å². The molecule has 0 bridgehead atoms. The Morgan fingerprint density at radius 3 is 2.29 bits per heavy atom. The smallest absolute Gasteiger partial charge is 0.336 e. The molecule has 24 heavy (non-hydrogen) atoms. The van der Waals surface area contributed by atoms with E-state index < -0.39 is 12.2 Å². The zero-order valence-corrected chi connectivity index (χ0v) is 13.1. The van der Waals surface area contributed by atoms with Crippen LogP contribution in [0.5, 0.6) is 0 Å². The molecule has 0 saturated carbocycles. The number of hydrogen-bond donors (Lipinski definition) is 4. The molecule has 0 aliphatic carbocycles. The first-order valence-corrected chi connectivity index (χ1v) is 7.57. The molecule has 0 radical (unpaired) electrons. The number of aliphatic hydroxyl groups excluding tert-OH is 1. The molecule has 0 heterocycles. The summed E-state index contributed by atoms with van der Waals surface area (Å²) in [5.41, 5.74) is 7.46. The molecule has 1 atom stereocenters. The van der Waals surface area contributed by atoms with Gasteiger partial charge < -0.3 is 15.9 Å². The fourth-order valence-corrected chi connectivity index (χ4v) is 2.35. The van der Waals surface area contributed by atoms with Crippen molar-refractivity contribution in [2.24, 2.45) is 5.73 Å². The number of benzene rings is 2. The fourth-order valence-electron chi connectivity index (χ4n) is 2.35. The zero-order chi connectivity index (χ0) is 17.5. The molecule has 0 aromatic heterocycles. The maximum atomic E-state index is 11.2. The monoisotopic (exact) mass is 328 g/mol. The molecule has 0 saturated heterocycles. The summed E-state index contributed by atoms with van der Waals surface area (Å²) >= 11 is 0. The number of carbonyl (C=O) groups excluding carboxylic acids is 1. The summed E-state index contributed by atoms with van der Waals surface area (Å²) in [5, 5.41) is 22.2. The van der Waals surface area contributed by atoms with E-state index in [-0.39, 0.29) is 11.5 Å². The predicted molar refractivity (Wildman–Crippen MR) is 89.2 cm³/mol. The van der Waals surface area contributed by atoms with Crippen molar-refractivity contribution >= 4 is 11.9 Å². The van der Waals surface area contributed by atoms with Gasteiger partial charge in [0.2, 0.25) is 5.91 Å². The Labute approximate surface area is 139 Å². The van der Waals surface area contributed by atoms with Crippen LogP contribution in [0.3, 0.4) is 0 Å². The molecule has 0 aliphatic heterocycles. The summed E-state index contributed by atoms with van der Waals surface area (Å²) in [6, 6.07) is 13.9. The lowest BCUT2D eigenvalue weighted by Crippen LogP contribution is -2.22. The van der Waals surface area contributed by atoms with E-state index in [2.05, 4.69) is 5.32 Å². The number of rotatable bonds is 8. The van der Waals surface area contributed by atoms with E-state index in [1.807, 2.05) is 24.3 Å². The van der Waals surface area contributed by atoms with Crippen molar-refractivity contribution in [3.63, 3.8) is 0 Å². The number of aliphatic hydroxyl groups is 1. The Morgan fingerprint density at radius 1 is 1.04 bits per heavy atom. The molecule has 0 aliphatic rings. The highest BCUT2D eigenvalue weighted by molar-refractivity contribution is 5.89. The van der Waals surface area contributed by atoms with Crippen molar-refractivity contribution in [3.05, 3.63) is 70.8 Å². The van der Waals surface area contributed by atoms with Crippen LogP contribution in [0, 0.1) is 0 Å². The molecule has 2 rings (SSSR count). The molecule has 1 unspecified atom stereocenters. The molecular formula is C18H20N2O4. The number of primary amides is 1. The zero-order valence-electron chi connectivity index (χ0n) is 13.1. The van der Waals surface area contributed by atoms with E-state index >= 15 is 0 Å². The number of aromatic carboxylic acids is 1. The Morgan fingerprint density at radius 2 is 1.67 bits per heavy atom. The van der Waals surface area contributed by atoms with E-state index in [4.69, 9.17) is 10.8 Å². The van der Waals surface area contributed by atoms with Gasteiger partial charge in [0.15, 0.2) is 0 Å². The lowest BCUT2D eigenvalue weighted by atomic mass is 10.1. The van der Waals surface area contributed by atoms with Crippen LogP contribution in [-0.2, 0) is 17.8 Å². The van der Waals surface area contributed by atoms with Crippen LogP contribution in [0.15, 0.2) is 48.5 Å². The van der Waals surface area contributed by atoms with E-state index in [1.165, 1.54) is 6.07 Å². The highest BCUT2D eigenvalue weighted by Crippen LogP contribution is 2.17. The molecule has 6 heteroatoms. The second kappa shape index (κ2) is 8.24. The molecule has 6 nitrogen and oxygen atoms in total. The summed E-state index contributed by atoms with van der Waals surface area (Å²) in [6.07, 6.45) is -0.174. The summed E-state index contributed by atoms with van der Waals surface area (Å²) < 4.78 is 0. The summed E-state index contributed by atoms with van der Waals surface area (Å²) in [7, 11) is 0. The molecule has 0 spiro atoms. The number of carboxylic acid groups (broad SMARTS) is 1. The van der Waals surface area contributed by atoms with Crippen LogP contribution >= 0.6 is 0 Å². The first-order chi connectivity index (χ1) is 11.5. The highest BCUT2D eigenvalue weighted by Gasteiger charge is 2.15. The minimum atomic E-state index is -1.08. The van der Waals surface area contributed by atoms with Crippen LogP contribution in [0.2, 0.25) is 0 Å². The van der Waals surface area contributed by atoms with E-state index in [1.54, 1.807) is 18.2 Å². The van der Waals surface area contributed by atoms with Gasteiger partial charge in [-0.1, -0.05) is 42.5 Å². The lowest BCUT2D eigenvalue weighted by molar-refractivity contribution is -0.117. The Bertz CT molecular complexity index is 713. The number of aryl methyl sites for hydroxylation is 1. The third-order valence-corrected chi connectivity index (χ3v) is 3.67. The number of nitrogens with one attached hydrogen (secondary N) is 1. The first-order valence-electron chi connectivity index (χ1n) is 7.57. The van der Waals surface area contributed by atoms with Crippen LogP contribution < -0.4 is 11.1 Å². The van der Waals surface area contributed by atoms with E-state index in [0.717, 1.165) is 11.1 Å². The van der Waals surface area contributed by atoms with Crippen LogP contribution in [0.1, 0.15) is 39.7 Å². The topological polar surface area (TPSA) is 113 Å². The van der Waals surface area contributed by atoms with Crippen molar-refractivity contribution in [1.29, 1.82) is 0 Å². The summed E-state index contributed by atoms with van der Waals surface area (Å²) in [4.78, 5) is 21.9. The number of amides is 1. The summed E-state index contributed by atoms with van der Waals surface area (Å²) in [5.74, 6) is -1.41. The van der Waals surface area contributed by atoms with E-state index in [9.17, 15) is 14.7 Å². The van der Waals surface area contributed by atoms with Gasteiger partial charge in [-0.15, -0.1) is 0 Å². The van der Waals surface area contributed by atoms with Gasteiger partial charge in [0.25, 0.3) is 0 Å². The Hall–Kier alpha value is -2.70. The Balaban J connectivity index is 1.95. The second-order valence-corrected chi connectivity index (χ2v) is 5.46. The van der Waals surface area contributed by atoms with Gasteiger partial charge in [0, 0.05) is 18.5 Å². The molecule has 2 aromatic carbocycles. The lowest BCUT2D eigenvalue weighted by Gasteiger charge is -2.15. The average molecular weight is 328 g/mol. The average Bonchev–Trinajstić information content (AvgIpc) is 2.58. The normalized spacial score (nSPS) is 11.9. The largest absolute Gasteiger partial charge is 0.478 e. The van der Waals surface area contributed by atoms with Gasteiger partial charge in [-0.2, -0.15) is 0 Å². The minimum Gasteiger partial charge on any atom is -0.478 e. The van der Waals surface area contributed by atoms with Crippen molar-refractivity contribution in [3.8, 4) is 0 Å². The summed E-state index contributed by atoms with van der Waals surface area (Å²) in [6.45, 7) is 0.380. The van der Waals surface area contributed by atoms with Crippen molar-refractivity contribution < 1.29 is 19.8 Å².